The number of carbonyl (C=O) groups excluding carboxylic acids is 2. The summed E-state index contributed by atoms with van der Waals surface area (Å²) < 4.78 is 5.74. The fraction of sp³-hybridized carbons (Fsp3) is 0.214. The number of rotatable bonds is 5. The van der Waals surface area contributed by atoms with Gasteiger partial charge in [-0.25, -0.2) is 0 Å². The Morgan fingerprint density at radius 1 is 0.971 bits per heavy atom. The number of thiophene rings is 1. The van der Waals surface area contributed by atoms with Crippen molar-refractivity contribution >= 4 is 46.7 Å². The van der Waals surface area contributed by atoms with Crippen molar-refractivity contribution in [1.82, 2.24) is 0 Å². The number of para-hydroxylation sites is 2. The van der Waals surface area contributed by atoms with Crippen molar-refractivity contribution in [2.45, 2.75) is 38.0 Å². The van der Waals surface area contributed by atoms with Crippen LogP contribution in [0.4, 0.5) is 11.4 Å². The van der Waals surface area contributed by atoms with Crippen molar-refractivity contribution in [3.8, 4) is 5.75 Å². The average molecular weight is 471 g/mol. The molecule has 3 aromatic rings. The van der Waals surface area contributed by atoms with E-state index in [1.807, 2.05) is 42.5 Å². The third-order valence-electron chi connectivity index (χ3n) is 6.15. The lowest BCUT2D eigenvalue weighted by Crippen LogP contribution is -2.23. The minimum atomic E-state index is -0.280. The number of hydrogen-bond donors (Lipinski definition) is 2. The van der Waals surface area contributed by atoms with E-state index in [0.29, 0.717) is 17.4 Å². The van der Waals surface area contributed by atoms with E-state index in [4.69, 9.17) is 4.74 Å². The molecule has 1 aliphatic heterocycles. The molecule has 0 unspecified atom stereocenters. The Kier molecular flexibility index (Phi) is 6.58. The van der Waals surface area contributed by atoms with E-state index < -0.39 is 0 Å². The number of amides is 2. The van der Waals surface area contributed by atoms with Crippen LogP contribution in [0.2, 0.25) is 0 Å². The summed E-state index contributed by atoms with van der Waals surface area (Å²) in [5.41, 5.74) is 2.83. The van der Waals surface area contributed by atoms with Crippen LogP contribution in [0.3, 0.4) is 0 Å². The Morgan fingerprint density at radius 2 is 1.74 bits per heavy atom. The molecule has 0 saturated heterocycles. The molecule has 0 radical (unpaired) electrons. The molecular formula is C28H26N2O3S. The second kappa shape index (κ2) is 10.1. The lowest BCUT2D eigenvalue weighted by atomic mass is 9.84. The number of nitrogens with one attached hydrogen (secondary N) is 2. The Labute approximate surface area is 203 Å². The summed E-state index contributed by atoms with van der Waals surface area (Å²) >= 11 is 1.47. The molecule has 2 N–H and O–H groups in total. The number of fused-ring (bicyclic) bond motifs is 1. The summed E-state index contributed by atoms with van der Waals surface area (Å²) in [6.07, 6.45) is 11.5. The maximum atomic E-state index is 12.4. The van der Waals surface area contributed by atoms with Crippen molar-refractivity contribution in [2.24, 2.45) is 0 Å². The van der Waals surface area contributed by atoms with Gasteiger partial charge in [-0.3, -0.25) is 9.59 Å². The quantitative estimate of drug-likeness (QED) is 0.402. The summed E-state index contributed by atoms with van der Waals surface area (Å²) in [5.74, 6) is 1.06. The zero-order chi connectivity index (χ0) is 23.3. The maximum Gasteiger partial charge on any atom is 0.291 e. The van der Waals surface area contributed by atoms with Gasteiger partial charge in [0.15, 0.2) is 11.5 Å². The van der Waals surface area contributed by atoms with E-state index in [-0.39, 0.29) is 17.6 Å². The van der Waals surface area contributed by atoms with E-state index >= 15 is 0 Å². The molecule has 2 aliphatic rings. The first-order valence-corrected chi connectivity index (χ1v) is 12.4. The third-order valence-corrected chi connectivity index (χ3v) is 7.15. The molecular weight excluding hydrogens is 444 g/mol. The first-order valence-electron chi connectivity index (χ1n) is 11.6. The minimum Gasteiger partial charge on any atom is -0.449 e. The second-order valence-corrected chi connectivity index (χ2v) is 9.73. The van der Waals surface area contributed by atoms with Crippen molar-refractivity contribution < 1.29 is 14.3 Å². The van der Waals surface area contributed by atoms with Crippen LogP contribution in [-0.4, -0.2) is 11.8 Å². The average Bonchev–Trinajstić information content (AvgIpc) is 3.32. The Morgan fingerprint density at radius 3 is 2.56 bits per heavy atom. The molecule has 172 valence electrons. The van der Waals surface area contributed by atoms with E-state index in [0.717, 1.165) is 15.4 Å². The zero-order valence-corrected chi connectivity index (χ0v) is 19.6. The molecule has 1 fully saturated rings. The van der Waals surface area contributed by atoms with Gasteiger partial charge in [0.2, 0.25) is 5.91 Å². The second-order valence-electron chi connectivity index (χ2n) is 8.58. The predicted molar refractivity (Wildman–Crippen MR) is 138 cm³/mol. The highest BCUT2D eigenvalue weighted by atomic mass is 32.1. The van der Waals surface area contributed by atoms with Crippen LogP contribution >= 0.6 is 11.3 Å². The van der Waals surface area contributed by atoms with Crippen molar-refractivity contribution in [3.05, 3.63) is 87.8 Å². The summed E-state index contributed by atoms with van der Waals surface area (Å²) in [4.78, 5) is 26.5. The molecule has 1 aliphatic carbocycles. The highest BCUT2D eigenvalue weighted by Crippen LogP contribution is 2.33. The van der Waals surface area contributed by atoms with Crippen molar-refractivity contribution in [3.63, 3.8) is 0 Å². The fourth-order valence-corrected chi connectivity index (χ4v) is 5.23. The van der Waals surface area contributed by atoms with Gasteiger partial charge in [-0.15, -0.1) is 11.3 Å². The number of anilines is 2. The standard InChI is InChI=1S/C28H26N2O3S/c31-27(29-21-12-10-20(11-13-21)19-6-2-1-3-7-19)17-16-22-14-15-23(34-22)18-26-28(32)30-24-8-4-5-9-25(24)33-26/h4-5,8-19H,1-3,6-7H2,(H,29,31)(H,30,32)/b17-16+,26-18-. The van der Waals surface area contributed by atoms with Crippen LogP contribution in [0.5, 0.6) is 5.75 Å². The topological polar surface area (TPSA) is 67.4 Å². The molecule has 2 heterocycles. The van der Waals surface area contributed by atoms with Crippen LogP contribution in [0.1, 0.15) is 53.3 Å². The van der Waals surface area contributed by atoms with Crippen LogP contribution in [0.25, 0.3) is 12.2 Å². The van der Waals surface area contributed by atoms with E-state index in [2.05, 4.69) is 22.8 Å². The molecule has 2 aromatic carbocycles. The summed E-state index contributed by atoms with van der Waals surface area (Å²) in [6.45, 7) is 0. The molecule has 1 saturated carbocycles. The van der Waals surface area contributed by atoms with Gasteiger partial charge in [0.25, 0.3) is 5.91 Å². The van der Waals surface area contributed by atoms with Gasteiger partial charge < -0.3 is 15.4 Å². The normalized spacial score (nSPS) is 17.3. The first kappa shape index (κ1) is 22.2. The van der Waals surface area contributed by atoms with Crippen molar-refractivity contribution in [1.29, 1.82) is 0 Å². The van der Waals surface area contributed by atoms with Gasteiger partial charge in [0, 0.05) is 27.6 Å². The number of hydrogen-bond acceptors (Lipinski definition) is 4. The summed E-state index contributed by atoms with van der Waals surface area (Å²) in [6, 6.07) is 19.4. The molecule has 1 aromatic heterocycles. The lowest BCUT2D eigenvalue weighted by Gasteiger charge is -2.22. The Balaban J connectivity index is 1.19. The first-order chi connectivity index (χ1) is 16.6. The highest BCUT2D eigenvalue weighted by molar-refractivity contribution is 7.13. The molecule has 5 rings (SSSR count). The molecule has 2 amide bonds. The van der Waals surface area contributed by atoms with Gasteiger partial charge in [-0.2, -0.15) is 0 Å². The number of carbonyl (C=O) groups is 2. The Bertz CT molecular complexity index is 1250. The largest absolute Gasteiger partial charge is 0.449 e. The van der Waals surface area contributed by atoms with Gasteiger partial charge in [0.05, 0.1) is 5.69 Å². The van der Waals surface area contributed by atoms with Gasteiger partial charge >= 0.3 is 0 Å². The highest BCUT2D eigenvalue weighted by Gasteiger charge is 2.21. The number of benzene rings is 2. The lowest BCUT2D eigenvalue weighted by molar-refractivity contribution is -0.115. The minimum absolute atomic E-state index is 0.176. The van der Waals surface area contributed by atoms with Crippen LogP contribution in [0, 0.1) is 0 Å². The van der Waals surface area contributed by atoms with Crippen LogP contribution in [0.15, 0.2) is 72.5 Å². The van der Waals surface area contributed by atoms with Crippen LogP contribution < -0.4 is 15.4 Å². The van der Waals surface area contributed by atoms with Crippen molar-refractivity contribution in [2.75, 3.05) is 10.6 Å². The monoisotopic (exact) mass is 470 g/mol. The molecule has 34 heavy (non-hydrogen) atoms. The molecule has 0 atom stereocenters. The number of ether oxygens (including phenoxy) is 1. The fourth-order valence-electron chi connectivity index (χ4n) is 4.38. The Hall–Kier alpha value is -3.64. The zero-order valence-electron chi connectivity index (χ0n) is 18.8. The van der Waals surface area contributed by atoms with E-state index in [9.17, 15) is 9.59 Å². The van der Waals surface area contributed by atoms with E-state index in [1.165, 1.54) is 55.1 Å². The summed E-state index contributed by atoms with van der Waals surface area (Å²) in [5, 5.41) is 5.75. The van der Waals surface area contributed by atoms with Crippen LogP contribution in [-0.2, 0) is 9.59 Å². The van der Waals surface area contributed by atoms with Gasteiger partial charge in [-0.05, 0) is 66.8 Å². The third kappa shape index (κ3) is 5.29. The molecule has 0 bridgehead atoms. The van der Waals surface area contributed by atoms with Gasteiger partial charge in [-0.1, -0.05) is 43.5 Å². The smallest absolute Gasteiger partial charge is 0.291 e. The molecule has 6 heteroatoms. The van der Waals surface area contributed by atoms with E-state index in [1.54, 1.807) is 18.2 Å². The SMILES string of the molecule is O=C(/C=C/c1ccc(/C=C2\Oc3ccccc3NC2=O)s1)Nc1ccc(C2CCCCC2)cc1. The molecule has 0 spiro atoms. The molecule has 5 nitrogen and oxygen atoms in total. The predicted octanol–water partition coefficient (Wildman–Crippen LogP) is 6.82. The maximum absolute atomic E-state index is 12.4. The van der Waals surface area contributed by atoms with Gasteiger partial charge in [0.1, 0.15) is 0 Å². The summed E-state index contributed by atoms with van der Waals surface area (Å²) in [7, 11) is 0.